The Hall–Kier alpha value is -1.88. The third kappa shape index (κ3) is 3.08. The monoisotopic (exact) mass is 289 g/mol. The van der Waals surface area contributed by atoms with E-state index in [1.807, 2.05) is 28.8 Å². The molecule has 0 aliphatic rings. The van der Waals surface area contributed by atoms with E-state index in [2.05, 4.69) is 25.7 Å². The van der Waals surface area contributed by atoms with Gasteiger partial charge in [-0.1, -0.05) is 32.9 Å². The minimum absolute atomic E-state index is 0.0480. The summed E-state index contributed by atoms with van der Waals surface area (Å²) < 4.78 is 1.84. The van der Waals surface area contributed by atoms with Crippen molar-refractivity contribution in [1.29, 1.82) is 0 Å². The number of nitrogens with zero attached hydrogens (tertiary/aromatic N) is 3. The van der Waals surface area contributed by atoms with Gasteiger partial charge in [0.05, 0.1) is 17.1 Å². The van der Waals surface area contributed by atoms with Gasteiger partial charge in [-0.25, -0.2) is 4.98 Å². The van der Waals surface area contributed by atoms with E-state index in [4.69, 9.17) is 4.98 Å². The Morgan fingerprint density at radius 3 is 2.52 bits per heavy atom. The van der Waals surface area contributed by atoms with E-state index in [1.165, 1.54) is 0 Å². The largest absolute Gasteiger partial charge is 0.480 e. The molecule has 2 aromatic rings. The minimum atomic E-state index is -0.839. The number of aliphatic carboxylic acids is 1. The van der Waals surface area contributed by atoms with E-state index in [0.29, 0.717) is 0 Å². The second kappa shape index (κ2) is 6.72. The van der Waals surface area contributed by atoms with Gasteiger partial charge in [0.1, 0.15) is 12.4 Å². The molecule has 0 bridgehead atoms. The molecule has 0 aliphatic heterocycles. The average Bonchev–Trinajstić information content (AvgIpc) is 2.82. The van der Waals surface area contributed by atoms with Gasteiger partial charge in [0.15, 0.2) is 0 Å². The lowest BCUT2D eigenvalue weighted by Gasteiger charge is -2.28. The number of rotatable bonds is 7. The molecular weight excluding hydrogens is 266 g/mol. The molecule has 1 atom stereocenters. The molecule has 5 heteroatoms. The van der Waals surface area contributed by atoms with Crippen molar-refractivity contribution in [3.05, 3.63) is 30.1 Å². The van der Waals surface area contributed by atoms with Crippen molar-refractivity contribution in [2.24, 2.45) is 0 Å². The zero-order valence-corrected chi connectivity index (χ0v) is 12.9. The molecule has 0 radical (unpaired) electrons. The van der Waals surface area contributed by atoms with Gasteiger partial charge in [-0.15, -0.1) is 0 Å². The van der Waals surface area contributed by atoms with E-state index >= 15 is 0 Å². The quantitative estimate of drug-likeness (QED) is 0.851. The van der Waals surface area contributed by atoms with E-state index in [9.17, 15) is 9.90 Å². The van der Waals surface area contributed by atoms with Crippen LogP contribution in [0.15, 0.2) is 24.3 Å². The van der Waals surface area contributed by atoms with Crippen LogP contribution < -0.4 is 0 Å². The smallest absolute Gasteiger partial charge is 0.323 e. The van der Waals surface area contributed by atoms with Crippen LogP contribution in [-0.2, 0) is 11.3 Å². The summed E-state index contributed by atoms with van der Waals surface area (Å²) in [5.74, 6) is 0.0126. The Labute approximate surface area is 125 Å². The third-order valence-electron chi connectivity index (χ3n) is 3.92. The summed E-state index contributed by atoms with van der Waals surface area (Å²) in [6.45, 7) is 8.16. The van der Waals surface area contributed by atoms with Crippen LogP contribution in [0, 0.1) is 0 Å². The van der Waals surface area contributed by atoms with Crippen LogP contribution in [0.1, 0.15) is 39.1 Å². The fraction of sp³-hybridized carbons (Fsp3) is 0.500. The Morgan fingerprint density at radius 2 is 1.95 bits per heavy atom. The van der Waals surface area contributed by atoms with Crippen molar-refractivity contribution in [2.75, 3.05) is 13.1 Å². The van der Waals surface area contributed by atoms with Crippen LogP contribution >= 0.6 is 0 Å². The highest BCUT2D eigenvalue weighted by Gasteiger charge is 2.23. The molecule has 0 saturated carbocycles. The van der Waals surface area contributed by atoms with Gasteiger partial charge in [-0.05, 0) is 31.6 Å². The Kier molecular flexibility index (Phi) is 4.96. The van der Waals surface area contributed by atoms with Crippen LogP contribution in [0.5, 0.6) is 0 Å². The van der Waals surface area contributed by atoms with Crippen molar-refractivity contribution in [2.45, 2.75) is 39.8 Å². The number of para-hydroxylation sites is 2. The van der Waals surface area contributed by atoms with Gasteiger partial charge in [0, 0.05) is 0 Å². The minimum Gasteiger partial charge on any atom is -0.480 e. The van der Waals surface area contributed by atoms with Gasteiger partial charge in [-0.3, -0.25) is 9.69 Å². The van der Waals surface area contributed by atoms with Gasteiger partial charge in [-0.2, -0.15) is 0 Å². The molecule has 0 fully saturated rings. The normalized spacial score (nSPS) is 13.0. The lowest BCUT2D eigenvalue weighted by molar-refractivity contribution is -0.137. The maximum absolute atomic E-state index is 11.2. The molecule has 2 rings (SSSR count). The van der Waals surface area contributed by atoms with Crippen molar-refractivity contribution in [1.82, 2.24) is 14.5 Å². The van der Waals surface area contributed by atoms with Crippen molar-refractivity contribution in [3.63, 3.8) is 0 Å². The van der Waals surface area contributed by atoms with Crippen LogP contribution in [0.25, 0.3) is 11.0 Å². The fourth-order valence-electron chi connectivity index (χ4n) is 2.92. The first-order valence-electron chi connectivity index (χ1n) is 7.53. The number of carboxylic acids is 1. The maximum atomic E-state index is 11.2. The highest BCUT2D eigenvalue weighted by Crippen LogP contribution is 2.27. The summed E-state index contributed by atoms with van der Waals surface area (Å²) in [6.07, 6.45) is 0.907. The lowest BCUT2D eigenvalue weighted by Crippen LogP contribution is -2.30. The SMILES string of the molecule is CCC(c1nc2ccccc2n1CC(=O)O)N(CC)CC. The third-order valence-corrected chi connectivity index (χ3v) is 3.92. The molecule has 0 amide bonds. The molecule has 1 unspecified atom stereocenters. The predicted octanol–water partition coefficient (Wildman–Crippen LogP) is 2.91. The first-order valence-corrected chi connectivity index (χ1v) is 7.53. The molecule has 5 nitrogen and oxygen atoms in total. The molecule has 1 aromatic heterocycles. The molecule has 1 heterocycles. The second-order valence-electron chi connectivity index (χ2n) is 5.08. The summed E-state index contributed by atoms with van der Waals surface area (Å²) in [5.41, 5.74) is 1.75. The maximum Gasteiger partial charge on any atom is 0.323 e. The summed E-state index contributed by atoms with van der Waals surface area (Å²) in [5, 5.41) is 9.21. The summed E-state index contributed by atoms with van der Waals surface area (Å²) >= 11 is 0. The van der Waals surface area contributed by atoms with Crippen molar-refractivity contribution in [3.8, 4) is 0 Å². The zero-order valence-electron chi connectivity index (χ0n) is 12.9. The second-order valence-corrected chi connectivity index (χ2v) is 5.08. The highest BCUT2D eigenvalue weighted by atomic mass is 16.4. The molecule has 0 saturated heterocycles. The van der Waals surface area contributed by atoms with E-state index in [1.54, 1.807) is 0 Å². The zero-order chi connectivity index (χ0) is 15.4. The molecule has 21 heavy (non-hydrogen) atoms. The number of aromatic nitrogens is 2. The molecule has 1 N–H and O–H groups in total. The molecule has 114 valence electrons. The molecular formula is C16H23N3O2. The number of fused-ring (bicyclic) bond motifs is 1. The first kappa shape index (κ1) is 15.5. The van der Waals surface area contributed by atoms with E-state index in [0.717, 1.165) is 36.4 Å². The number of carboxylic acid groups (broad SMARTS) is 1. The van der Waals surface area contributed by atoms with Gasteiger partial charge < -0.3 is 9.67 Å². The highest BCUT2D eigenvalue weighted by molar-refractivity contribution is 5.78. The standard InChI is InChI=1S/C16H23N3O2/c1-4-13(18(5-2)6-3)16-17-12-9-7-8-10-14(12)19(16)11-15(20)21/h7-10,13H,4-6,11H2,1-3H3,(H,20,21). The summed E-state index contributed by atoms with van der Waals surface area (Å²) in [6, 6.07) is 7.87. The van der Waals surface area contributed by atoms with Gasteiger partial charge in [0.2, 0.25) is 0 Å². The molecule has 0 aliphatic carbocycles. The number of imidazole rings is 1. The van der Waals surface area contributed by atoms with E-state index in [-0.39, 0.29) is 12.6 Å². The predicted molar refractivity (Wildman–Crippen MR) is 83.3 cm³/mol. The van der Waals surface area contributed by atoms with Gasteiger partial charge >= 0.3 is 5.97 Å². The van der Waals surface area contributed by atoms with Crippen LogP contribution in [0.4, 0.5) is 0 Å². The summed E-state index contributed by atoms with van der Waals surface area (Å²) in [4.78, 5) is 18.3. The van der Waals surface area contributed by atoms with Crippen molar-refractivity contribution >= 4 is 17.0 Å². The fourth-order valence-corrected chi connectivity index (χ4v) is 2.92. The Bertz CT molecular complexity index is 617. The van der Waals surface area contributed by atoms with Crippen LogP contribution in [0.2, 0.25) is 0 Å². The van der Waals surface area contributed by atoms with Crippen LogP contribution in [-0.4, -0.2) is 38.6 Å². The topological polar surface area (TPSA) is 58.4 Å². The molecule has 1 aromatic carbocycles. The van der Waals surface area contributed by atoms with Crippen LogP contribution in [0.3, 0.4) is 0 Å². The number of benzene rings is 1. The number of carbonyl (C=O) groups is 1. The first-order chi connectivity index (χ1) is 10.1. The van der Waals surface area contributed by atoms with E-state index < -0.39 is 5.97 Å². The Morgan fingerprint density at radius 1 is 1.29 bits per heavy atom. The molecule has 0 spiro atoms. The Balaban J connectivity index is 2.57. The number of hydrogen-bond acceptors (Lipinski definition) is 3. The number of hydrogen-bond donors (Lipinski definition) is 1. The summed E-state index contributed by atoms with van der Waals surface area (Å²) in [7, 11) is 0. The lowest BCUT2D eigenvalue weighted by atomic mass is 10.1. The average molecular weight is 289 g/mol. The van der Waals surface area contributed by atoms with Crippen molar-refractivity contribution < 1.29 is 9.90 Å². The van der Waals surface area contributed by atoms with Gasteiger partial charge in [0.25, 0.3) is 0 Å².